The van der Waals surface area contributed by atoms with Gasteiger partial charge in [-0.15, -0.1) is 23.2 Å². The van der Waals surface area contributed by atoms with E-state index in [9.17, 15) is 5.11 Å². The van der Waals surface area contributed by atoms with Crippen LogP contribution in [0.2, 0.25) is 0 Å². The van der Waals surface area contributed by atoms with Gasteiger partial charge in [-0.3, -0.25) is 0 Å². The maximum absolute atomic E-state index is 9.34. The zero-order valence-electron chi connectivity index (χ0n) is 8.89. The fourth-order valence-corrected chi connectivity index (χ4v) is 0.996. The van der Waals surface area contributed by atoms with E-state index in [0.717, 1.165) is 0 Å². The molecule has 0 aliphatic rings. The summed E-state index contributed by atoms with van der Waals surface area (Å²) in [5, 5.41) is 27.4. The Labute approximate surface area is 105 Å². The Morgan fingerprint density at radius 3 is 1.31 bits per heavy atom. The Kier molecular flexibility index (Phi) is 10.8. The lowest BCUT2D eigenvalue weighted by molar-refractivity contribution is -0.0476. The molecule has 2 atom stereocenters. The summed E-state index contributed by atoms with van der Waals surface area (Å²) >= 11 is 10.7. The number of ether oxygens (including phenoxy) is 2. The molecule has 0 fully saturated rings. The molecule has 7 heteroatoms. The van der Waals surface area contributed by atoms with E-state index in [0.29, 0.717) is 0 Å². The number of halogens is 2. The van der Waals surface area contributed by atoms with Crippen LogP contribution in [0.1, 0.15) is 0 Å². The lowest BCUT2D eigenvalue weighted by Gasteiger charge is -2.14. The van der Waals surface area contributed by atoms with Gasteiger partial charge >= 0.3 is 0 Å². The van der Waals surface area contributed by atoms with Gasteiger partial charge in [-0.2, -0.15) is 0 Å². The molecule has 0 radical (unpaired) electrons. The van der Waals surface area contributed by atoms with Crippen molar-refractivity contribution in [2.24, 2.45) is 0 Å². The molecule has 0 aromatic heterocycles. The van der Waals surface area contributed by atoms with E-state index in [1.54, 1.807) is 0 Å². The quantitative estimate of drug-likeness (QED) is 0.473. The fraction of sp³-hybridized carbons (Fsp3) is 1.00. The highest BCUT2D eigenvalue weighted by atomic mass is 35.5. The van der Waals surface area contributed by atoms with Gasteiger partial charge in [0.25, 0.3) is 0 Å². The summed E-state index contributed by atoms with van der Waals surface area (Å²) in [5.41, 5.74) is 0. The monoisotopic (exact) mass is 276 g/mol. The Morgan fingerprint density at radius 2 is 1.00 bits per heavy atom. The molecule has 0 heterocycles. The second-order valence-electron chi connectivity index (χ2n) is 3.34. The standard InChI is InChI=1S/C9H18Cl2O5/c10-1-7(12)3-15-5-9(14)6-16-4-8(13)2-11/h7-9,12-14H,1-6H2. The van der Waals surface area contributed by atoms with Crippen LogP contribution in [-0.4, -0.2) is 71.8 Å². The zero-order valence-corrected chi connectivity index (χ0v) is 10.4. The van der Waals surface area contributed by atoms with Crippen molar-refractivity contribution in [3.63, 3.8) is 0 Å². The van der Waals surface area contributed by atoms with Crippen LogP contribution in [0.15, 0.2) is 0 Å². The third-order valence-corrected chi connectivity index (χ3v) is 2.31. The van der Waals surface area contributed by atoms with E-state index in [1.807, 2.05) is 0 Å². The van der Waals surface area contributed by atoms with Gasteiger partial charge in [-0.05, 0) is 0 Å². The molecule has 5 nitrogen and oxygen atoms in total. The van der Waals surface area contributed by atoms with Crippen molar-refractivity contribution in [2.75, 3.05) is 38.2 Å². The van der Waals surface area contributed by atoms with Crippen LogP contribution in [0.25, 0.3) is 0 Å². The van der Waals surface area contributed by atoms with Crippen molar-refractivity contribution in [1.29, 1.82) is 0 Å². The summed E-state index contributed by atoms with van der Waals surface area (Å²) < 4.78 is 9.96. The molecule has 0 amide bonds. The highest BCUT2D eigenvalue weighted by Crippen LogP contribution is 1.94. The highest BCUT2D eigenvalue weighted by molar-refractivity contribution is 6.18. The molecule has 0 bridgehead atoms. The van der Waals surface area contributed by atoms with Crippen LogP contribution in [0.3, 0.4) is 0 Å². The number of hydrogen-bond acceptors (Lipinski definition) is 5. The maximum Gasteiger partial charge on any atom is 0.101 e. The number of hydrogen-bond donors (Lipinski definition) is 3. The topological polar surface area (TPSA) is 79.2 Å². The summed E-state index contributed by atoms with van der Waals surface area (Å²) in [5.74, 6) is 0.184. The van der Waals surface area contributed by atoms with Gasteiger partial charge in [-0.25, -0.2) is 0 Å². The van der Waals surface area contributed by atoms with Crippen molar-refractivity contribution in [2.45, 2.75) is 18.3 Å². The predicted octanol–water partition coefficient (Wildman–Crippen LogP) is -0.420. The largest absolute Gasteiger partial charge is 0.389 e. The Morgan fingerprint density at radius 1 is 0.688 bits per heavy atom. The number of alkyl halides is 2. The SMILES string of the molecule is OC(CCl)COCC(O)COCC(O)CCl. The van der Waals surface area contributed by atoms with Gasteiger partial charge in [0.1, 0.15) is 6.10 Å². The first-order valence-corrected chi connectivity index (χ1v) is 5.98. The molecule has 0 saturated heterocycles. The molecule has 0 rings (SSSR count). The molecule has 2 unspecified atom stereocenters. The average Bonchev–Trinajstić information content (AvgIpc) is 2.28. The smallest absolute Gasteiger partial charge is 0.101 e. The highest BCUT2D eigenvalue weighted by Gasteiger charge is 2.08. The molecular formula is C9H18Cl2O5. The van der Waals surface area contributed by atoms with Gasteiger partial charge in [0.2, 0.25) is 0 Å². The Hall–Kier alpha value is 0.380. The second kappa shape index (κ2) is 10.5. The van der Waals surface area contributed by atoms with Crippen LogP contribution in [0, 0.1) is 0 Å². The first-order chi connectivity index (χ1) is 7.60. The van der Waals surface area contributed by atoms with Crippen LogP contribution >= 0.6 is 23.2 Å². The first-order valence-electron chi connectivity index (χ1n) is 4.91. The van der Waals surface area contributed by atoms with Crippen molar-refractivity contribution in [3.8, 4) is 0 Å². The van der Waals surface area contributed by atoms with Crippen molar-refractivity contribution in [3.05, 3.63) is 0 Å². The Bertz CT molecular complexity index is 145. The average molecular weight is 277 g/mol. The molecule has 0 aliphatic carbocycles. The number of aliphatic hydroxyl groups excluding tert-OH is 3. The van der Waals surface area contributed by atoms with Crippen molar-refractivity contribution < 1.29 is 24.8 Å². The van der Waals surface area contributed by atoms with E-state index < -0.39 is 18.3 Å². The molecule has 0 aromatic carbocycles. The molecule has 3 N–H and O–H groups in total. The second-order valence-corrected chi connectivity index (χ2v) is 3.96. The Balaban J connectivity index is 3.34. The lowest BCUT2D eigenvalue weighted by Crippen LogP contribution is -2.27. The van der Waals surface area contributed by atoms with Gasteiger partial charge in [0.05, 0.1) is 50.4 Å². The first kappa shape index (κ1) is 16.4. The van der Waals surface area contributed by atoms with Gasteiger partial charge in [0, 0.05) is 0 Å². The van der Waals surface area contributed by atoms with E-state index >= 15 is 0 Å². The summed E-state index contributed by atoms with van der Waals surface area (Å²) in [6, 6.07) is 0. The number of aliphatic hydroxyl groups is 3. The van der Waals surface area contributed by atoms with Crippen LogP contribution in [0.4, 0.5) is 0 Å². The lowest BCUT2D eigenvalue weighted by atomic mass is 10.4. The third kappa shape index (κ3) is 9.59. The minimum absolute atomic E-state index is 0.0465. The molecule has 0 aliphatic heterocycles. The molecule has 98 valence electrons. The molecule has 0 aromatic rings. The zero-order chi connectivity index (χ0) is 12.4. The van der Waals surface area contributed by atoms with E-state index in [1.165, 1.54) is 0 Å². The predicted molar refractivity (Wildman–Crippen MR) is 61.1 cm³/mol. The van der Waals surface area contributed by atoms with E-state index in [-0.39, 0.29) is 38.2 Å². The summed E-state index contributed by atoms with van der Waals surface area (Å²) in [7, 11) is 0. The minimum Gasteiger partial charge on any atom is -0.389 e. The van der Waals surface area contributed by atoms with Gasteiger partial charge < -0.3 is 24.8 Å². The van der Waals surface area contributed by atoms with Gasteiger partial charge in [0.15, 0.2) is 0 Å². The molecule has 0 saturated carbocycles. The summed E-state index contributed by atoms with van der Waals surface area (Å²) in [6.45, 7) is 0.242. The van der Waals surface area contributed by atoms with E-state index in [4.69, 9.17) is 42.9 Å². The normalized spacial score (nSPS) is 17.1. The minimum atomic E-state index is -0.801. The van der Waals surface area contributed by atoms with Gasteiger partial charge in [-0.1, -0.05) is 0 Å². The van der Waals surface area contributed by atoms with E-state index in [2.05, 4.69) is 0 Å². The fourth-order valence-electron chi connectivity index (χ4n) is 0.817. The van der Waals surface area contributed by atoms with Crippen LogP contribution in [-0.2, 0) is 9.47 Å². The van der Waals surface area contributed by atoms with Crippen molar-refractivity contribution >= 4 is 23.2 Å². The molecule has 16 heavy (non-hydrogen) atoms. The molecule has 0 spiro atoms. The molecular weight excluding hydrogens is 259 g/mol. The number of rotatable bonds is 10. The maximum atomic E-state index is 9.34. The van der Waals surface area contributed by atoms with Crippen LogP contribution < -0.4 is 0 Å². The van der Waals surface area contributed by atoms with Crippen LogP contribution in [0.5, 0.6) is 0 Å². The summed E-state index contributed by atoms with van der Waals surface area (Å²) in [4.78, 5) is 0. The van der Waals surface area contributed by atoms with Crippen molar-refractivity contribution in [1.82, 2.24) is 0 Å². The third-order valence-electron chi connectivity index (χ3n) is 1.60. The summed E-state index contributed by atoms with van der Waals surface area (Å²) in [6.07, 6.45) is -2.26.